The summed E-state index contributed by atoms with van der Waals surface area (Å²) in [5.41, 5.74) is 5.39. The van der Waals surface area contributed by atoms with Crippen molar-refractivity contribution in [2.75, 3.05) is 7.05 Å². The number of primary amides is 1. The highest BCUT2D eigenvalue weighted by molar-refractivity contribution is 5.76. The van der Waals surface area contributed by atoms with Crippen LogP contribution in [0.5, 0.6) is 0 Å². The van der Waals surface area contributed by atoms with Crippen molar-refractivity contribution in [3.8, 4) is 0 Å². The van der Waals surface area contributed by atoms with E-state index in [2.05, 4.69) is 17.3 Å². The molecule has 3 rings (SSSR count). The van der Waals surface area contributed by atoms with Gasteiger partial charge in [0.25, 0.3) is 0 Å². The normalized spacial score (nSPS) is 43.3. The molecule has 4 nitrogen and oxygen atoms in total. The van der Waals surface area contributed by atoms with Crippen LogP contribution in [-0.4, -0.2) is 42.0 Å². The van der Waals surface area contributed by atoms with Crippen LogP contribution in [0.4, 0.5) is 0 Å². The van der Waals surface area contributed by atoms with Crippen LogP contribution in [0.1, 0.15) is 51.4 Å². The average molecular weight is 265 g/mol. The summed E-state index contributed by atoms with van der Waals surface area (Å²) in [6.07, 6.45) is 9.58. The zero-order valence-corrected chi connectivity index (χ0v) is 12.0. The molecule has 1 amide bonds. The highest BCUT2D eigenvalue weighted by Crippen LogP contribution is 2.35. The minimum Gasteiger partial charge on any atom is -0.369 e. The third-order valence-corrected chi connectivity index (χ3v) is 5.70. The van der Waals surface area contributed by atoms with Crippen LogP contribution in [0.3, 0.4) is 0 Å². The molecule has 2 bridgehead atoms. The number of amides is 1. The molecule has 2 saturated heterocycles. The van der Waals surface area contributed by atoms with Crippen molar-refractivity contribution < 1.29 is 4.79 Å². The Balaban J connectivity index is 1.47. The van der Waals surface area contributed by atoms with Gasteiger partial charge in [0.05, 0.1) is 0 Å². The largest absolute Gasteiger partial charge is 0.369 e. The first-order valence-electron chi connectivity index (χ1n) is 7.90. The molecule has 0 aromatic rings. The smallest absolute Gasteiger partial charge is 0.220 e. The minimum absolute atomic E-state index is 0.101. The van der Waals surface area contributed by atoms with Gasteiger partial charge in [0, 0.05) is 30.1 Å². The Morgan fingerprint density at radius 3 is 2.11 bits per heavy atom. The third-order valence-electron chi connectivity index (χ3n) is 5.70. The van der Waals surface area contributed by atoms with Gasteiger partial charge < -0.3 is 16.0 Å². The first-order valence-corrected chi connectivity index (χ1v) is 7.90. The van der Waals surface area contributed by atoms with Crippen LogP contribution in [-0.2, 0) is 4.79 Å². The maximum absolute atomic E-state index is 11.2. The number of nitrogens with one attached hydrogen (secondary N) is 1. The molecule has 2 heterocycles. The summed E-state index contributed by atoms with van der Waals surface area (Å²) in [5.74, 6) is 0.0301. The average Bonchev–Trinajstić information content (AvgIpc) is 2.63. The summed E-state index contributed by atoms with van der Waals surface area (Å²) in [6.45, 7) is 0. The van der Waals surface area contributed by atoms with Gasteiger partial charge in [-0.3, -0.25) is 4.79 Å². The maximum Gasteiger partial charge on any atom is 0.220 e. The van der Waals surface area contributed by atoms with Crippen LogP contribution in [0.2, 0.25) is 0 Å². The minimum atomic E-state index is -0.101. The Morgan fingerprint density at radius 2 is 1.58 bits per heavy atom. The van der Waals surface area contributed by atoms with Crippen molar-refractivity contribution in [2.45, 2.75) is 75.5 Å². The number of piperidine rings is 1. The van der Waals surface area contributed by atoms with Crippen molar-refractivity contribution >= 4 is 5.91 Å². The molecule has 0 radical (unpaired) electrons. The molecule has 2 atom stereocenters. The molecule has 0 aromatic carbocycles. The van der Waals surface area contributed by atoms with E-state index in [1.54, 1.807) is 0 Å². The Bertz CT molecular complexity index is 324. The molecule has 3 fully saturated rings. The summed E-state index contributed by atoms with van der Waals surface area (Å²) in [5, 5.41) is 3.86. The fourth-order valence-corrected chi connectivity index (χ4v) is 4.43. The molecule has 0 spiro atoms. The van der Waals surface area contributed by atoms with Gasteiger partial charge in [-0.2, -0.15) is 0 Å². The van der Waals surface area contributed by atoms with Crippen LogP contribution in [0.15, 0.2) is 0 Å². The predicted octanol–water partition coefficient (Wildman–Crippen LogP) is 1.25. The summed E-state index contributed by atoms with van der Waals surface area (Å²) in [7, 11) is 2.29. The van der Waals surface area contributed by atoms with E-state index in [0.717, 1.165) is 37.8 Å². The summed E-state index contributed by atoms with van der Waals surface area (Å²) in [6, 6.07) is 2.92. The number of nitrogens with zero attached hydrogens (tertiary/aromatic N) is 1. The molecule has 1 aliphatic carbocycles. The molecular weight excluding hydrogens is 238 g/mol. The Morgan fingerprint density at radius 1 is 1.00 bits per heavy atom. The number of hydrogen-bond acceptors (Lipinski definition) is 3. The van der Waals surface area contributed by atoms with Crippen molar-refractivity contribution in [3.05, 3.63) is 0 Å². The Labute approximate surface area is 116 Å². The standard InChI is InChI=1S/C15H27N3O/c1-18-13-6-7-14(18)9-12(8-13)17-11-4-2-10(3-5-11)15(16)19/h10-14,17H,2-9H2,1H3,(H2,16,19). The van der Waals surface area contributed by atoms with Crippen molar-refractivity contribution in [3.63, 3.8) is 0 Å². The fourth-order valence-electron chi connectivity index (χ4n) is 4.43. The van der Waals surface area contributed by atoms with Gasteiger partial charge in [-0.05, 0) is 58.4 Å². The number of carbonyl (C=O) groups excluding carboxylic acids is 1. The number of fused-ring (bicyclic) bond motifs is 2. The maximum atomic E-state index is 11.2. The van der Waals surface area contributed by atoms with Gasteiger partial charge in [-0.1, -0.05) is 0 Å². The van der Waals surface area contributed by atoms with Crippen LogP contribution in [0, 0.1) is 5.92 Å². The fraction of sp³-hybridized carbons (Fsp3) is 0.933. The molecule has 4 heteroatoms. The summed E-state index contributed by atoms with van der Waals surface area (Å²) < 4.78 is 0. The topological polar surface area (TPSA) is 58.4 Å². The van der Waals surface area contributed by atoms with Crippen LogP contribution < -0.4 is 11.1 Å². The highest BCUT2D eigenvalue weighted by atomic mass is 16.1. The van der Waals surface area contributed by atoms with E-state index in [9.17, 15) is 4.79 Å². The molecule has 108 valence electrons. The molecule has 0 aromatic heterocycles. The first kappa shape index (κ1) is 13.4. The Kier molecular flexibility index (Phi) is 3.81. The van der Waals surface area contributed by atoms with Crippen molar-refractivity contribution in [1.29, 1.82) is 0 Å². The van der Waals surface area contributed by atoms with Gasteiger partial charge in [-0.15, -0.1) is 0 Å². The van der Waals surface area contributed by atoms with E-state index in [1.165, 1.54) is 25.7 Å². The van der Waals surface area contributed by atoms with E-state index in [-0.39, 0.29) is 11.8 Å². The molecule has 19 heavy (non-hydrogen) atoms. The second-order valence-electron chi connectivity index (χ2n) is 6.84. The monoisotopic (exact) mass is 265 g/mol. The lowest BCUT2D eigenvalue weighted by Crippen LogP contribution is -2.50. The van der Waals surface area contributed by atoms with E-state index in [1.807, 2.05) is 0 Å². The van der Waals surface area contributed by atoms with E-state index in [0.29, 0.717) is 12.1 Å². The molecule has 2 aliphatic heterocycles. The van der Waals surface area contributed by atoms with E-state index in [4.69, 9.17) is 5.73 Å². The number of carbonyl (C=O) groups is 1. The van der Waals surface area contributed by atoms with Crippen LogP contribution >= 0.6 is 0 Å². The molecule has 2 unspecified atom stereocenters. The van der Waals surface area contributed by atoms with Crippen molar-refractivity contribution in [1.82, 2.24) is 10.2 Å². The van der Waals surface area contributed by atoms with Gasteiger partial charge >= 0.3 is 0 Å². The lowest BCUT2D eigenvalue weighted by atomic mass is 9.84. The molecular formula is C15H27N3O. The molecule has 3 N–H and O–H groups in total. The first-order chi connectivity index (χ1) is 9.13. The number of rotatable bonds is 3. The summed E-state index contributed by atoms with van der Waals surface area (Å²) >= 11 is 0. The predicted molar refractivity (Wildman–Crippen MR) is 75.7 cm³/mol. The quantitative estimate of drug-likeness (QED) is 0.807. The third kappa shape index (κ3) is 2.79. The van der Waals surface area contributed by atoms with E-state index < -0.39 is 0 Å². The lowest BCUT2D eigenvalue weighted by molar-refractivity contribution is -0.122. The van der Waals surface area contributed by atoms with Gasteiger partial charge in [0.1, 0.15) is 0 Å². The van der Waals surface area contributed by atoms with Crippen molar-refractivity contribution in [2.24, 2.45) is 11.7 Å². The lowest BCUT2D eigenvalue weighted by Gasteiger charge is -2.39. The van der Waals surface area contributed by atoms with E-state index >= 15 is 0 Å². The summed E-state index contributed by atoms with van der Waals surface area (Å²) in [4.78, 5) is 13.8. The SMILES string of the molecule is CN1C2CCC1CC(NC1CCC(C(N)=O)CC1)C2. The highest BCUT2D eigenvalue weighted by Gasteiger charge is 2.39. The number of nitrogens with two attached hydrogens (primary N) is 1. The van der Waals surface area contributed by atoms with Gasteiger partial charge in [-0.25, -0.2) is 0 Å². The van der Waals surface area contributed by atoms with Gasteiger partial charge in [0.15, 0.2) is 0 Å². The molecule has 1 saturated carbocycles. The second kappa shape index (κ2) is 5.41. The van der Waals surface area contributed by atoms with Crippen LogP contribution in [0.25, 0.3) is 0 Å². The zero-order valence-electron chi connectivity index (χ0n) is 12.0. The number of hydrogen-bond donors (Lipinski definition) is 2. The molecule has 3 aliphatic rings. The van der Waals surface area contributed by atoms with Gasteiger partial charge in [0.2, 0.25) is 5.91 Å². The second-order valence-corrected chi connectivity index (χ2v) is 6.84. The zero-order chi connectivity index (χ0) is 13.4. The Hall–Kier alpha value is -0.610.